The maximum atomic E-state index is 13.2. The van der Waals surface area contributed by atoms with E-state index in [4.69, 9.17) is 22.9 Å². The number of aliphatic hydroxyl groups is 1. The molecule has 6 amide bonds. The van der Waals surface area contributed by atoms with Crippen molar-refractivity contribution in [2.45, 2.75) is 104 Å². The topological polar surface area (TPSA) is 299 Å². The molecule has 0 aromatic heterocycles. The van der Waals surface area contributed by atoms with Gasteiger partial charge in [-0.3, -0.25) is 33.8 Å². The van der Waals surface area contributed by atoms with Crippen LogP contribution in [0.3, 0.4) is 0 Å². The van der Waals surface area contributed by atoms with Crippen LogP contribution in [0.15, 0.2) is 4.99 Å². The van der Waals surface area contributed by atoms with Gasteiger partial charge in [0.1, 0.15) is 30.2 Å². The largest absolute Gasteiger partial charge is 0.394 e. The lowest BCUT2D eigenvalue weighted by atomic mass is 9.96. The van der Waals surface area contributed by atoms with Gasteiger partial charge in [-0.05, 0) is 43.4 Å². The minimum atomic E-state index is -1.22. The van der Waals surface area contributed by atoms with Crippen molar-refractivity contribution in [2.24, 2.45) is 45.7 Å². The van der Waals surface area contributed by atoms with Gasteiger partial charge in [-0.1, -0.05) is 48.0 Å². The summed E-state index contributed by atoms with van der Waals surface area (Å²) in [4.78, 5) is 80.4. The molecule has 0 heterocycles. The highest BCUT2D eigenvalue weighted by Gasteiger charge is 2.32. The van der Waals surface area contributed by atoms with E-state index >= 15 is 0 Å². The Bertz CT molecular complexity index is 1050. The van der Waals surface area contributed by atoms with Gasteiger partial charge in [-0.15, -0.1) is 0 Å². The molecule has 46 heavy (non-hydrogen) atoms. The van der Waals surface area contributed by atoms with E-state index in [0.717, 1.165) is 0 Å². The molecule has 0 fully saturated rings. The molecule has 17 nitrogen and oxygen atoms in total. The quantitative estimate of drug-likeness (QED) is 0.0321. The molecule has 0 spiro atoms. The molecule has 0 aromatic rings. The molecule has 0 unspecified atom stereocenters. The summed E-state index contributed by atoms with van der Waals surface area (Å²) in [6.07, 6.45) is 1.46. The molecule has 0 saturated heterocycles. The molecule has 14 N–H and O–H groups in total. The molecule has 264 valence electrons. The van der Waals surface area contributed by atoms with Crippen molar-refractivity contribution in [3.8, 4) is 0 Å². The van der Waals surface area contributed by atoms with Crippen LogP contribution < -0.4 is 49.5 Å². The van der Waals surface area contributed by atoms with Gasteiger partial charge in [0.2, 0.25) is 35.4 Å². The van der Waals surface area contributed by atoms with Gasteiger partial charge in [0, 0.05) is 6.54 Å². The van der Waals surface area contributed by atoms with E-state index in [1.807, 2.05) is 34.6 Å². The Balaban J connectivity index is 5.66. The normalized spacial score (nSPS) is 15.0. The Morgan fingerprint density at radius 2 is 1.28 bits per heavy atom. The van der Waals surface area contributed by atoms with Gasteiger partial charge < -0.3 is 54.6 Å². The zero-order valence-corrected chi connectivity index (χ0v) is 27.9. The minimum absolute atomic E-state index is 0.00536. The maximum absolute atomic E-state index is 13.2. The number of carbonyl (C=O) groups is 6. The molecule has 0 rings (SSSR count). The summed E-state index contributed by atoms with van der Waals surface area (Å²) >= 11 is 0. The van der Waals surface area contributed by atoms with Crippen LogP contribution in [0.4, 0.5) is 0 Å². The second-order valence-corrected chi connectivity index (χ2v) is 12.2. The summed E-state index contributed by atoms with van der Waals surface area (Å²) in [5, 5.41) is 22.0. The third-order valence-electron chi connectivity index (χ3n) is 7.05. The van der Waals surface area contributed by atoms with Gasteiger partial charge in [0.25, 0.3) is 0 Å². The lowest BCUT2D eigenvalue weighted by Crippen LogP contribution is -2.58. The smallest absolute Gasteiger partial charge is 0.243 e. The van der Waals surface area contributed by atoms with Crippen molar-refractivity contribution in [2.75, 3.05) is 19.7 Å². The average Bonchev–Trinajstić information content (AvgIpc) is 2.97. The predicted molar refractivity (Wildman–Crippen MR) is 173 cm³/mol. The van der Waals surface area contributed by atoms with Crippen LogP contribution in [-0.2, 0) is 28.8 Å². The van der Waals surface area contributed by atoms with E-state index in [2.05, 4.69) is 31.6 Å². The molecule has 17 heteroatoms. The number of nitrogens with two attached hydrogens (primary N) is 4. The van der Waals surface area contributed by atoms with Crippen LogP contribution in [-0.4, -0.2) is 96.4 Å². The predicted octanol–water partition coefficient (Wildman–Crippen LogP) is -2.96. The standard InChI is InChI=1S/C29H56N10O7/c1-7-17(6)23(39-27(45)21(12-16(4)5)38-25(43)18(30)14-40)28(46)35-13-22(41)36-19(9-8-10-34-29(32)33)26(44)37-20(24(31)42)11-15(2)3/h15-21,23,40H,7-14,30H2,1-6H3,(H2,31,42)(H,35,46)(H,36,41)(H,37,44)(H,38,43)(H,39,45)(H4,32,33,34)/t17-,18+,19-,20-,21-,23-/m0/s1. The van der Waals surface area contributed by atoms with Crippen LogP contribution in [0.5, 0.6) is 0 Å². The molecular formula is C29H56N10O7. The van der Waals surface area contributed by atoms with Crippen molar-refractivity contribution in [3.63, 3.8) is 0 Å². The van der Waals surface area contributed by atoms with E-state index in [9.17, 15) is 33.9 Å². The summed E-state index contributed by atoms with van der Waals surface area (Å²) in [5.74, 6) is -4.50. The van der Waals surface area contributed by atoms with Crippen LogP contribution in [0.25, 0.3) is 0 Å². The fourth-order valence-corrected chi connectivity index (χ4v) is 4.31. The number of aliphatic hydroxyl groups excluding tert-OH is 1. The van der Waals surface area contributed by atoms with E-state index in [0.29, 0.717) is 19.3 Å². The number of primary amides is 1. The lowest BCUT2D eigenvalue weighted by molar-refractivity contribution is -0.134. The van der Waals surface area contributed by atoms with Crippen molar-refractivity contribution < 1.29 is 33.9 Å². The summed E-state index contributed by atoms with van der Waals surface area (Å²) in [6, 6.07) is -5.35. The zero-order chi connectivity index (χ0) is 35.6. The Hall–Kier alpha value is -3.99. The summed E-state index contributed by atoms with van der Waals surface area (Å²) in [7, 11) is 0. The Morgan fingerprint density at radius 3 is 1.78 bits per heavy atom. The first-order valence-corrected chi connectivity index (χ1v) is 15.6. The van der Waals surface area contributed by atoms with E-state index in [-0.39, 0.29) is 43.1 Å². The first kappa shape index (κ1) is 42.0. The van der Waals surface area contributed by atoms with Crippen LogP contribution in [0, 0.1) is 17.8 Å². The van der Waals surface area contributed by atoms with Crippen molar-refractivity contribution in [1.82, 2.24) is 26.6 Å². The SMILES string of the molecule is CC[C@H](C)[C@H](NC(=O)[C@H](CC(C)C)NC(=O)[C@H](N)CO)C(=O)NCC(=O)N[C@@H](CCCN=C(N)N)C(=O)N[C@@H](CC(C)C)C(N)=O. The number of hydrogen-bond acceptors (Lipinski definition) is 9. The number of aliphatic imine (C=N–C) groups is 1. The fraction of sp³-hybridized carbons (Fsp3) is 0.759. The van der Waals surface area contributed by atoms with Crippen molar-refractivity contribution >= 4 is 41.4 Å². The van der Waals surface area contributed by atoms with Crippen LogP contribution >= 0.6 is 0 Å². The third kappa shape index (κ3) is 16.9. The third-order valence-corrected chi connectivity index (χ3v) is 7.05. The highest BCUT2D eigenvalue weighted by Crippen LogP contribution is 2.11. The molecule has 0 aliphatic rings. The highest BCUT2D eigenvalue weighted by atomic mass is 16.3. The summed E-state index contributed by atoms with van der Waals surface area (Å²) in [6.45, 7) is 10.0. The van der Waals surface area contributed by atoms with Gasteiger partial charge in [0.15, 0.2) is 5.96 Å². The monoisotopic (exact) mass is 656 g/mol. The number of rotatable bonds is 22. The first-order valence-electron chi connectivity index (χ1n) is 15.6. The Labute approximate surface area is 271 Å². The second kappa shape index (κ2) is 21.7. The van der Waals surface area contributed by atoms with E-state index < -0.39 is 78.8 Å². The maximum Gasteiger partial charge on any atom is 0.243 e. The number of nitrogens with zero attached hydrogens (tertiary/aromatic N) is 1. The molecule has 0 saturated carbocycles. The number of hydrogen-bond donors (Lipinski definition) is 10. The fourth-order valence-electron chi connectivity index (χ4n) is 4.31. The Kier molecular flexibility index (Phi) is 19.8. The molecule has 6 atom stereocenters. The van der Waals surface area contributed by atoms with Crippen molar-refractivity contribution in [3.05, 3.63) is 0 Å². The second-order valence-electron chi connectivity index (χ2n) is 12.2. The van der Waals surface area contributed by atoms with Crippen LogP contribution in [0.1, 0.15) is 73.6 Å². The molecule has 0 aromatic carbocycles. The first-order chi connectivity index (χ1) is 21.4. The van der Waals surface area contributed by atoms with E-state index in [1.165, 1.54) is 0 Å². The Morgan fingerprint density at radius 1 is 0.739 bits per heavy atom. The zero-order valence-electron chi connectivity index (χ0n) is 27.9. The highest BCUT2D eigenvalue weighted by molar-refractivity contribution is 5.95. The van der Waals surface area contributed by atoms with Gasteiger partial charge in [0.05, 0.1) is 13.2 Å². The molecule has 0 aliphatic carbocycles. The number of amides is 6. The number of carbonyl (C=O) groups excluding carboxylic acids is 6. The van der Waals surface area contributed by atoms with Gasteiger partial charge in [-0.2, -0.15) is 0 Å². The molecule has 0 radical (unpaired) electrons. The molecule has 0 bridgehead atoms. The van der Waals surface area contributed by atoms with Gasteiger partial charge in [-0.25, -0.2) is 0 Å². The molecular weight excluding hydrogens is 600 g/mol. The number of nitrogens with one attached hydrogen (secondary N) is 5. The van der Waals surface area contributed by atoms with E-state index in [1.54, 1.807) is 6.92 Å². The number of guanidine groups is 1. The van der Waals surface area contributed by atoms with Gasteiger partial charge >= 0.3 is 0 Å². The van der Waals surface area contributed by atoms with Crippen molar-refractivity contribution in [1.29, 1.82) is 0 Å². The minimum Gasteiger partial charge on any atom is -0.394 e. The lowest BCUT2D eigenvalue weighted by Gasteiger charge is -2.27. The summed E-state index contributed by atoms with van der Waals surface area (Å²) in [5.41, 5.74) is 21.7. The average molecular weight is 657 g/mol. The van der Waals surface area contributed by atoms with Crippen LogP contribution in [0.2, 0.25) is 0 Å². The summed E-state index contributed by atoms with van der Waals surface area (Å²) < 4.78 is 0. The molecule has 0 aliphatic heterocycles.